The number of ether oxygens (including phenoxy) is 1. The third-order valence-electron chi connectivity index (χ3n) is 4.86. The number of aryl methyl sites for hydroxylation is 1. The van der Waals surface area contributed by atoms with E-state index in [2.05, 4.69) is 54.1 Å². The Morgan fingerprint density at radius 1 is 1.18 bits per heavy atom. The molecule has 3 rings (SSSR count). The lowest BCUT2D eigenvalue weighted by Gasteiger charge is -2.26. The Labute approximate surface area is 132 Å². The molecule has 0 saturated carbocycles. The Bertz CT molecular complexity index is 651. The van der Waals surface area contributed by atoms with Crippen LogP contribution in [0.1, 0.15) is 36.6 Å². The molecule has 0 radical (unpaired) electrons. The summed E-state index contributed by atoms with van der Waals surface area (Å²) in [5, 5.41) is 0. The minimum atomic E-state index is 0.514. The van der Waals surface area contributed by atoms with Gasteiger partial charge >= 0.3 is 0 Å². The number of anilines is 1. The lowest BCUT2D eigenvalue weighted by atomic mass is 9.98. The molecule has 0 saturated heterocycles. The van der Waals surface area contributed by atoms with Crippen LogP contribution in [-0.2, 0) is 6.42 Å². The van der Waals surface area contributed by atoms with Crippen LogP contribution in [0.5, 0.6) is 5.75 Å². The van der Waals surface area contributed by atoms with Crippen molar-refractivity contribution in [3.8, 4) is 5.75 Å². The predicted octanol–water partition coefficient (Wildman–Crippen LogP) is 3.95. The van der Waals surface area contributed by atoms with Gasteiger partial charge in [-0.1, -0.05) is 13.0 Å². The van der Waals surface area contributed by atoms with Gasteiger partial charge in [0.25, 0.3) is 0 Å². The van der Waals surface area contributed by atoms with Crippen molar-refractivity contribution in [1.29, 1.82) is 0 Å². The Kier molecular flexibility index (Phi) is 4.06. The first-order valence-corrected chi connectivity index (χ1v) is 7.96. The molecule has 22 heavy (non-hydrogen) atoms. The topological polar surface area (TPSA) is 25.4 Å². The fraction of sp³-hybridized carbons (Fsp3) is 0.421. The van der Waals surface area contributed by atoms with Crippen molar-refractivity contribution in [3.63, 3.8) is 0 Å². The number of methoxy groups -OCH3 is 1. The summed E-state index contributed by atoms with van der Waals surface area (Å²) in [4.78, 5) is 6.90. The fourth-order valence-electron chi connectivity index (χ4n) is 3.25. The van der Waals surface area contributed by atoms with E-state index in [0.29, 0.717) is 12.0 Å². The molecule has 0 N–H and O–H groups in total. The lowest BCUT2D eigenvalue weighted by molar-refractivity contribution is 0.414. The standard InChI is InChI=1S/C19H24N2O/c1-13-5-6-16(12-20-13)9-10-21-15(3)14(2)18-11-17(22-4)7-8-19(18)21/h5-8,11-12,14-15H,9-10H2,1-4H3. The zero-order valence-electron chi connectivity index (χ0n) is 13.8. The quantitative estimate of drug-likeness (QED) is 0.854. The van der Waals surface area contributed by atoms with Gasteiger partial charge in [0.15, 0.2) is 0 Å². The Morgan fingerprint density at radius 3 is 2.68 bits per heavy atom. The van der Waals surface area contributed by atoms with Crippen LogP contribution >= 0.6 is 0 Å². The molecule has 116 valence electrons. The largest absolute Gasteiger partial charge is 0.497 e. The summed E-state index contributed by atoms with van der Waals surface area (Å²) in [6, 6.07) is 11.2. The van der Waals surface area contributed by atoms with Crippen LogP contribution in [0, 0.1) is 6.92 Å². The van der Waals surface area contributed by atoms with Crippen LogP contribution in [-0.4, -0.2) is 24.7 Å². The molecule has 0 fully saturated rings. The molecule has 1 aromatic carbocycles. The number of benzene rings is 1. The highest BCUT2D eigenvalue weighted by Gasteiger charge is 2.32. The minimum Gasteiger partial charge on any atom is -0.497 e. The summed E-state index contributed by atoms with van der Waals surface area (Å²) in [6.07, 6.45) is 3.02. The molecule has 1 aliphatic rings. The first-order valence-electron chi connectivity index (χ1n) is 7.96. The van der Waals surface area contributed by atoms with Crippen molar-refractivity contribution >= 4 is 5.69 Å². The minimum absolute atomic E-state index is 0.514. The highest BCUT2D eigenvalue weighted by atomic mass is 16.5. The second kappa shape index (κ2) is 5.99. The first kappa shape index (κ1) is 14.9. The van der Waals surface area contributed by atoms with Crippen LogP contribution < -0.4 is 9.64 Å². The molecule has 0 spiro atoms. The third-order valence-corrected chi connectivity index (χ3v) is 4.86. The van der Waals surface area contributed by atoms with E-state index in [1.165, 1.54) is 16.8 Å². The highest BCUT2D eigenvalue weighted by Crippen LogP contribution is 2.42. The Hall–Kier alpha value is -2.03. The normalized spacial score (nSPS) is 20.1. The molecule has 3 nitrogen and oxygen atoms in total. The van der Waals surface area contributed by atoms with Gasteiger partial charge in [-0.25, -0.2) is 0 Å². The summed E-state index contributed by atoms with van der Waals surface area (Å²) >= 11 is 0. The van der Waals surface area contributed by atoms with E-state index in [1.54, 1.807) is 7.11 Å². The van der Waals surface area contributed by atoms with Gasteiger partial charge in [-0.15, -0.1) is 0 Å². The Balaban J connectivity index is 1.78. The molecule has 3 heteroatoms. The van der Waals surface area contributed by atoms with E-state index >= 15 is 0 Å². The lowest BCUT2D eigenvalue weighted by Crippen LogP contribution is -2.32. The maximum Gasteiger partial charge on any atom is 0.119 e. The summed E-state index contributed by atoms with van der Waals surface area (Å²) in [7, 11) is 1.73. The van der Waals surface area contributed by atoms with E-state index in [-0.39, 0.29) is 0 Å². The zero-order chi connectivity index (χ0) is 15.7. The van der Waals surface area contributed by atoms with Gasteiger partial charge < -0.3 is 9.64 Å². The number of aromatic nitrogens is 1. The molecule has 0 amide bonds. The van der Waals surface area contributed by atoms with Gasteiger partial charge in [-0.05, 0) is 55.7 Å². The molecular formula is C19H24N2O. The van der Waals surface area contributed by atoms with Gasteiger partial charge in [0, 0.05) is 36.1 Å². The van der Waals surface area contributed by atoms with E-state index in [0.717, 1.165) is 24.4 Å². The molecule has 2 unspecified atom stereocenters. The van der Waals surface area contributed by atoms with E-state index in [4.69, 9.17) is 4.74 Å². The van der Waals surface area contributed by atoms with Crippen molar-refractivity contribution in [2.45, 2.75) is 39.2 Å². The maximum absolute atomic E-state index is 5.37. The monoisotopic (exact) mass is 296 g/mol. The number of hydrogen-bond acceptors (Lipinski definition) is 3. The SMILES string of the molecule is COc1ccc2c(c1)C(C)C(C)N2CCc1ccc(C)nc1. The van der Waals surface area contributed by atoms with Crippen molar-refractivity contribution in [1.82, 2.24) is 4.98 Å². The first-order chi connectivity index (χ1) is 10.6. The van der Waals surface area contributed by atoms with Gasteiger partial charge in [0.1, 0.15) is 5.75 Å². The van der Waals surface area contributed by atoms with Crippen LogP contribution in [0.4, 0.5) is 5.69 Å². The van der Waals surface area contributed by atoms with Crippen molar-refractivity contribution in [2.75, 3.05) is 18.6 Å². The maximum atomic E-state index is 5.37. The van der Waals surface area contributed by atoms with E-state index < -0.39 is 0 Å². The molecular weight excluding hydrogens is 272 g/mol. The molecule has 2 aromatic rings. The van der Waals surface area contributed by atoms with Crippen LogP contribution in [0.25, 0.3) is 0 Å². The van der Waals surface area contributed by atoms with Crippen LogP contribution in [0.3, 0.4) is 0 Å². The molecule has 1 aromatic heterocycles. The Morgan fingerprint density at radius 2 is 2.00 bits per heavy atom. The number of fused-ring (bicyclic) bond motifs is 1. The van der Waals surface area contributed by atoms with Crippen LogP contribution in [0.15, 0.2) is 36.5 Å². The van der Waals surface area contributed by atoms with E-state index in [9.17, 15) is 0 Å². The number of hydrogen-bond donors (Lipinski definition) is 0. The fourth-order valence-corrected chi connectivity index (χ4v) is 3.25. The smallest absolute Gasteiger partial charge is 0.119 e. The predicted molar refractivity (Wildman–Crippen MR) is 90.9 cm³/mol. The molecule has 0 bridgehead atoms. The molecule has 2 heterocycles. The summed E-state index contributed by atoms with van der Waals surface area (Å²) in [6.45, 7) is 7.66. The average molecular weight is 296 g/mol. The summed E-state index contributed by atoms with van der Waals surface area (Å²) in [5.74, 6) is 1.48. The third kappa shape index (κ3) is 2.68. The van der Waals surface area contributed by atoms with E-state index in [1.807, 2.05) is 13.1 Å². The zero-order valence-corrected chi connectivity index (χ0v) is 13.8. The average Bonchev–Trinajstić information content (AvgIpc) is 2.78. The van der Waals surface area contributed by atoms with Crippen molar-refractivity contribution in [3.05, 3.63) is 53.3 Å². The highest BCUT2D eigenvalue weighted by molar-refractivity contribution is 5.63. The molecule has 0 aliphatic carbocycles. The molecule has 1 aliphatic heterocycles. The number of rotatable bonds is 4. The van der Waals surface area contributed by atoms with Crippen LogP contribution in [0.2, 0.25) is 0 Å². The summed E-state index contributed by atoms with van der Waals surface area (Å²) in [5.41, 5.74) is 5.12. The number of nitrogens with zero attached hydrogens (tertiary/aromatic N) is 2. The van der Waals surface area contributed by atoms with Crippen molar-refractivity contribution in [2.24, 2.45) is 0 Å². The van der Waals surface area contributed by atoms with Gasteiger partial charge in [0.05, 0.1) is 7.11 Å². The second-order valence-electron chi connectivity index (χ2n) is 6.21. The van der Waals surface area contributed by atoms with Gasteiger partial charge in [-0.2, -0.15) is 0 Å². The van der Waals surface area contributed by atoms with Gasteiger partial charge in [0.2, 0.25) is 0 Å². The van der Waals surface area contributed by atoms with Gasteiger partial charge in [-0.3, -0.25) is 4.98 Å². The molecule has 2 atom stereocenters. The summed E-state index contributed by atoms with van der Waals surface area (Å²) < 4.78 is 5.37. The van der Waals surface area contributed by atoms with Crippen molar-refractivity contribution < 1.29 is 4.74 Å². The second-order valence-corrected chi connectivity index (χ2v) is 6.21. The number of pyridine rings is 1.